The van der Waals surface area contributed by atoms with Gasteiger partial charge in [0.2, 0.25) is 5.91 Å². The second-order valence-electron chi connectivity index (χ2n) is 5.38. The van der Waals surface area contributed by atoms with E-state index in [4.69, 9.17) is 18.0 Å². The summed E-state index contributed by atoms with van der Waals surface area (Å²) < 4.78 is 0. The number of carbonyl (C=O) groups excluding carboxylic acids is 1. The first kappa shape index (κ1) is 19.7. The highest BCUT2D eigenvalue weighted by Crippen LogP contribution is 2.33. The lowest BCUT2D eigenvalue weighted by Crippen LogP contribution is -2.52. The first-order valence-corrected chi connectivity index (χ1v) is 9.27. The highest BCUT2D eigenvalue weighted by Gasteiger charge is 2.42. The van der Waals surface area contributed by atoms with Crippen molar-refractivity contribution >= 4 is 34.9 Å². The largest absolute Gasteiger partial charge is 0.392 e. The van der Waals surface area contributed by atoms with Crippen molar-refractivity contribution in [3.63, 3.8) is 0 Å². The average Bonchev–Trinajstić information content (AvgIpc) is 2.42. The van der Waals surface area contributed by atoms with Crippen LogP contribution in [0.25, 0.3) is 0 Å². The van der Waals surface area contributed by atoms with Crippen LogP contribution in [0.3, 0.4) is 0 Å². The molecule has 118 valence electrons. The summed E-state index contributed by atoms with van der Waals surface area (Å²) in [7, 11) is 1.89. The minimum Gasteiger partial charge on any atom is -0.392 e. The Morgan fingerprint density at radius 2 is 1.80 bits per heavy atom. The minimum atomic E-state index is -0.653. The molecule has 0 radical (unpaired) electrons. The monoisotopic (exact) mass is 318 g/mol. The SMILES string of the molecule is CCCC(CCC)(C(=O)N(C)C(CC)CSC)C(N)=S. The van der Waals surface area contributed by atoms with Crippen molar-refractivity contribution < 1.29 is 4.79 Å². The van der Waals surface area contributed by atoms with Crippen LogP contribution in [0.15, 0.2) is 0 Å². The topological polar surface area (TPSA) is 46.3 Å². The Hall–Kier alpha value is -0.290. The fraction of sp³-hybridized carbons (Fsp3) is 0.867. The Labute approximate surface area is 134 Å². The van der Waals surface area contributed by atoms with Gasteiger partial charge >= 0.3 is 0 Å². The van der Waals surface area contributed by atoms with E-state index in [0.717, 1.165) is 37.9 Å². The maximum atomic E-state index is 13.0. The van der Waals surface area contributed by atoms with Crippen LogP contribution in [0.4, 0.5) is 0 Å². The van der Waals surface area contributed by atoms with Gasteiger partial charge in [-0.05, 0) is 25.5 Å². The number of nitrogens with two attached hydrogens (primary N) is 1. The summed E-state index contributed by atoms with van der Waals surface area (Å²) in [5, 5.41) is 0. The fourth-order valence-corrected chi connectivity index (χ4v) is 3.88. The van der Waals surface area contributed by atoms with Crippen molar-refractivity contribution in [2.45, 2.75) is 58.9 Å². The molecule has 1 unspecified atom stereocenters. The van der Waals surface area contributed by atoms with Crippen LogP contribution >= 0.6 is 24.0 Å². The Morgan fingerprint density at radius 1 is 1.30 bits per heavy atom. The molecule has 0 aromatic heterocycles. The predicted molar refractivity (Wildman–Crippen MR) is 94.3 cm³/mol. The van der Waals surface area contributed by atoms with E-state index in [1.807, 2.05) is 11.9 Å². The van der Waals surface area contributed by atoms with E-state index in [0.29, 0.717) is 4.99 Å². The lowest BCUT2D eigenvalue weighted by Gasteiger charge is -2.38. The van der Waals surface area contributed by atoms with Gasteiger partial charge in [-0.3, -0.25) is 4.79 Å². The average molecular weight is 319 g/mol. The first-order chi connectivity index (χ1) is 9.41. The van der Waals surface area contributed by atoms with Crippen LogP contribution in [-0.4, -0.2) is 40.9 Å². The summed E-state index contributed by atoms with van der Waals surface area (Å²) in [5.74, 6) is 1.05. The van der Waals surface area contributed by atoms with Gasteiger partial charge < -0.3 is 10.6 Å². The van der Waals surface area contributed by atoms with Crippen LogP contribution in [0.2, 0.25) is 0 Å². The lowest BCUT2D eigenvalue weighted by atomic mass is 9.77. The second-order valence-corrected chi connectivity index (χ2v) is 6.73. The van der Waals surface area contributed by atoms with Crippen molar-refractivity contribution in [1.82, 2.24) is 4.90 Å². The molecule has 0 aromatic rings. The normalized spacial score (nSPS) is 13.1. The van der Waals surface area contributed by atoms with Gasteiger partial charge in [0.15, 0.2) is 0 Å². The Morgan fingerprint density at radius 3 is 2.10 bits per heavy atom. The third-order valence-corrected chi connectivity index (χ3v) is 5.04. The maximum Gasteiger partial charge on any atom is 0.235 e. The van der Waals surface area contributed by atoms with Gasteiger partial charge in [0.1, 0.15) is 0 Å². The van der Waals surface area contributed by atoms with Crippen molar-refractivity contribution in [3.05, 3.63) is 0 Å². The van der Waals surface area contributed by atoms with E-state index in [1.165, 1.54) is 0 Å². The third-order valence-electron chi connectivity index (χ3n) is 3.93. The molecule has 5 heteroatoms. The number of nitrogens with zero attached hydrogens (tertiary/aromatic N) is 1. The van der Waals surface area contributed by atoms with Crippen molar-refractivity contribution in [2.24, 2.45) is 11.1 Å². The fourth-order valence-electron chi connectivity index (χ4n) is 2.74. The molecule has 1 amide bonds. The molecule has 0 aliphatic rings. The van der Waals surface area contributed by atoms with Gasteiger partial charge in [-0.2, -0.15) is 11.8 Å². The molecule has 1 atom stereocenters. The summed E-state index contributed by atoms with van der Waals surface area (Å²) in [6.45, 7) is 6.27. The van der Waals surface area contributed by atoms with Crippen LogP contribution in [0.1, 0.15) is 52.9 Å². The van der Waals surface area contributed by atoms with Gasteiger partial charge in [0.25, 0.3) is 0 Å². The number of amides is 1. The molecule has 0 bridgehead atoms. The highest BCUT2D eigenvalue weighted by molar-refractivity contribution is 7.98. The Kier molecular flexibility index (Phi) is 9.47. The zero-order chi connectivity index (χ0) is 15.8. The Bertz CT molecular complexity index is 315. The summed E-state index contributed by atoms with van der Waals surface area (Å²) in [6.07, 6.45) is 6.34. The summed E-state index contributed by atoms with van der Waals surface area (Å²) in [4.78, 5) is 15.2. The third kappa shape index (κ3) is 4.62. The first-order valence-electron chi connectivity index (χ1n) is 7.47. The van der Waals surface area contributed by atoms with Gasteiger partial charge in [0.05, 0.1) is 10.4 Å². The molecular formula is C15H30N2OS2. The standard InChI is InChI=1S/C15H30N2OS2/c1-6-9-15(10-7-2,13(16)19)14(18)17(4)12(8-3)11-20-5/h12H,6-11H2,1-5H3,(H2,16,19). The summed E-state index contributed by atoms with van der Waals surface area (Å²) in [5.41, 5.74) is 5.32. The van der Waals surface area contributed by atoms with E-state index in [9.17, 15) is 4.79 Å². The molecule has 0 aliphatic carbocycles. The van der Waals surface area contributed by atoms with E-state index in [2.05, 4.69) is 27.0 Å². The van der Waals surface area contributed by atoms with Crippen molar-refractivity contribution in [1.29, 1.82) is 0 Å². The van der Waals surface area contributed by atoms with Crippen LogP contribution in [-0.2, 0) is 4.79 Å². The highest BCUT2D eigenvalue weighted by atomic mass is 32.2. The van der Waals surface area contributed by atoms with E-state index >= 15 is 0 Å². The smallest absolute Gasteiger partial charge is 0.235 e. The van der Waals surface area contributed by atoms with Crippen LogP contribution in [0.5, 0.6) is 0 Å². The van der Waals surface area contributed by atoms with Gasteiger partial charge in [0, 0.05) is 18.8 Å². The van der Waals surface area contributed by atoms with Gasteiger partial charge in [-0.15, -0.1) is 0 Å². The van der Waals surface area contributed by atoms with E-state index in [-0.39, 0.29) is 11.9 Å². The zero-order valence-corrected chi connectivity index (χ0v) is 15.2. The predicted octanol–water partition coefficient (Wildman–Crippen LogP) is 3.46. The van der Waals surface area contributed by atoms with E-state index in [1.54, 1.807) is 11.8 Å². The van der Waals surface area contributed by atoms with Crippen LogP contribution < -0.4 is 5.73 Å². The van der Waals surface area contributed by atoms with Crippen molar-refractivity contribution in [2.75, 3.05) is 19.1 Å². The number of rotatable bonds is 10. The zero-order valence-electron chi connectivity index (χ0n) is 13.6. The van der Waals surface area contributed by atoms with Gasteiger partial charge in [-0.1, -0.05) is 45.8 Å². The molecular weight excluding hydrogens is 288 g/mol. The summed E-state index contributed by atoms with van der Waals surface area (Å²) >= 11 is 7.04. The minimum absolute atomic E-state index is 0.106. The molecule has 2 N–H and O–H groups in total. The molecule has 0 saturated heterocycles. The summed E-state index contributed by atoms with van der Waals surface area (Å²) in [6, 6.07) is 0.250. The molecule has 0 fully saturated rings. The number of hydrogen-bond donors (Lipinski definition) is 1. The molecule has 20 heavy (non-hydrogen) atoms. The maximum absolute atomic E-state index is 13.0. The lowest BCUT2D eigenvalue weighted by molar-refractivity contribution is -0.139. The molecule has 0 saturated carbocycles. The molecule has 0 aromatic carbocycles. The second kappa shape index (κ2) is 9.61. The number of thiocarbonyl (C=S) groups is 1. The molecule has 3 nitrogen and oxygen atoms in total. The van der Waals surface area contributed by atoms with Crippen LogP contribution in [0, 0.1) is 5.41 Å². The number of thioether (sulfide) groups is 1. The van der Waals surface area contributed by atoms with Gasteiger partial charge in [-0.25, -0.2) is 0 Å². The number of carbonyl (C=O) groups is 1. The molecule has 0 spiro atoms. The number of hydrogen-bond acceptors (Lipinski definition) is 3. The molecule has 0 rings (SSSR count). The van der Waals surface area contributed by atoms with E-state index < -0.39 is 5.41 Å². The Balaban J connectivity index is 5.34. The quantitative estimate of drug-likeness (QED) is 0.627. The van der Waals surface area contributed by atoms with Crippen molar-refractivity contribution in [3.8, 4) is 0 Å². The molecule has 0 aliphatic heterocycles. The molecule has 0 heterocycles.